The molecule has 110 valence electrons. The minimum atomic E-state index is -0.588. The highest BCUT2D eigenvalue weighted by molar-refractivity contribution is 6.03. The van der Waals surface area contributed by atoms with Crippen molar-refractivity contribution in [1.29, 1.82) is 0 Å². The summed E-state index contributed by atoms with van der Waals surface area (Å²) < 4.78 is 14.2. The summed E-state index contributed by atoms with van der Waals surface area (Å²) in [7, 11) is 0. The van der Waals surface area contributed by atoms with E-state index in [4.69, 9.17) is 0 Å². The number of benzene rings is 2. The van der Waals surface area contributed by atoms with Gasteiger partial charge in [0.1, 0.15) is 12.1 Å². The van der Waals surface area contributed by atoms with Crippen LogP contribution in [-0.2, 0) is 0 Å². The van der Waals surface area contributed by atoms with Crippen molar-refractivity contribution in [2.24, 2.45) is 0 Å². The van der Waals surface area contributed by atoms with Gasteiger partial charge in [-0.1, -0.05) is 35.9 Å². The second-order valence-electron chi connectivity index (χ2n) is 4.85. The number of rotatable bonds is 3. The van der Waals surface area contributed by atoms with Crippen LogP contribution in [0.1, 0.15) is 15.9 Å². The highest BCUT2D eigenvalue weighted by Gasteiger charge is 2.14. The third-order valence-corrected chi connectivity index (χ3v) is 3.25. The Labute approximate surface area is 126 Å². The molecule has 0 unspecified atom stereocenters. The number of aromatic amines is 1. The Kier molecular flexibility index (Phi) is 3.65. The summed E-state index contributed by atoms with van der Waals surface area (Å²) in [6, 6.07) is 12.3. The maximum atomic E-state index is 14.2. The summed E-state index contributed by atoms with van der Waals surface area (Å²) >= 11 is 0. The topological polar surface area (TPSA) is 70.7 Å². The van der Waals surface area contributed by atoms with Gasteiger partial charge in [-0.15, -0.1) is 0 Å². The van der Waals surface area contributed by atoms with Crippen LogP contribution >= 0.6 is 0 Å². The van der Waals surface area contributed by atoms with Crippen LogP contribution in [-0.4, -0.2) is 21.1 Å². The van der Waals surface area contributed by atoms with E-state index in [-0.39, 0.29) is 11.5 Å². The molecular weight excluding hydrogens is 283 g/mol. The van der Waals surface area contributed by atoms with Gasteiger partial charge >= 0.3 is 0 Å². The zero-order valence-corrected chi connectivity index (χ0v) is 11.8. The van der Waals surface area contributed by atoms with Gasteiger partial charge < -0.3 is 0 Å². The highest BCUT2D eigenvalue weighted by atomic mass is 19.1. The first-order chi connectivity index (χ1) is 10.6. The van der Waals surface area contributed by atoms with E-state index in [2.05, 4.69) is 20.5 Å². The number of H-pyrrole nitrogens is 1. The van der Waals surface area contributed by atoms with Crippen molar-refractivity contribution in [3.05, 3.63) is 65.7 Å². The molecule has 0 radical (unpaired) electrons. The molecule has 0 spiro atoms. The maximum absolute atomic E-state index is 14.2. The minimum Gasteiger partial charge on any atom is -0.291 e. The SMILES string of the molecule is Cc1ccc(-c2ccc(C(=O)Nc3ncn[nH]3)c(F)c2)cc1. The van der Waals surface area contributed by atoms with Crippen LogP contribution in [0.25, 0.3) is 11.1 Å². The van der Waals surface area contributed by atoms with Crippen molar-refractivity contribution in [2.75, 3.05) is 5.32 Å². The number of hydrogen-bond acceptors (Lipinski definition) is 3. The number of hydrogen-bond donors (Lipinski definition) is 2. The maximum Gasteiger partial charge on any atom is 0.260 e. The molecule has 1 amide bonds. The summed E-state index contributed by atoms with van der Waals surface area (Å²) in [5, 5.41) is 8.53. The number of aromatic nitrogens is 3. The predicted molar refractivity (Wildman–Crippen MR) is 80.9 cm³/mol. The summed E-state index contributed by atoms with van der Waals surface area (Å²) in [6.07, 6.45) is 1.26. The molecule has 2 N–H and O–H groups in total. The van der Waals surface area contributed by atoms with Gasteiger partial charge in [0, 0.05) is 0 Å². The van der Waals surface area contributed by atoms with Crippen LogP contribution in [0.5, 0.6) is 0 Å². The molecule has 3 rings (SSSR count). The third-order valence-electron chi connectivity index (χ3n) is 3.25. The number of amides is 1. The number of nitrogens with zero attached hydrogens (tertiary/aromatic N) is 2. The molecule has 5 nitrogen and oxygen atoms in total. The summed E-state index contributed by atoms with van der Waals surface area (Å²) in [5.74, 6) is -0.994. The second kappa shape index (κ2) is 5.77. The molecular formula is C16H13FN4O. The lowest BCUT2D eigenvalue weighted by Crippen LogP contribution is -2.14. The second-order valence-corrected chi connectivity index (χ2v) is 4.85. The monoisotopic (exact) mass is 296 g/mol. The molecule has 0 fully saturated rings. The van der Waals surface area contributed by atoms with Crippen LogP contribution in [0.4, 0.5) is 10.3 Å². The number of carbonyl (C=O) groups excluding carboxylic acids is 1. The lowest BCUT2D eigenvalue weighted by molar-refractivity contribution is 0.102. The average molecular weight is 296 g/mol. The fourth-order valence-electron chi connectivity index (χ4n) is 2.07. The molecule has 0 atom stereocenters. The Morgan fingerprint density at radius 1 is 1.14 bits per heavy atom. The molecule has 0 aliphatic heterocycles. The largest absolute Gasteiger partial charge is 0.291 e. The Morgan fingerprint density at radius 2 is 1.86 bits per heavy atom. The van der Waals surface area contributed by atoms with Gasteiger partial charge in [0.25, 0.3) is 5.91 Å². The van der Waals surface area contributed by atoms with Crippen molar-refractivity contribution in [2.45, 2.75) is 6.92 Å². The van der Waals surface area contributed by atoms with Gasteiger partial charge in [-0.05, 0) is 30.2 Å². The molecule has 22 heavy (non-hydrogen) atoms. The lowest BCUT2D eigenvalue weighted by atomic mass is 10.0. The van der Waals surface area contributed by atoms with Crippen LogP contribution in [0, 0.1) is 12.7 Å². The van der Waals surface area contributed by atoms with Gasteiger partial charge in [-0.3, -0.25) is 10.1 Å². The number of anilines is 1. The molecule has 0 bridgehead atoms. The molecule has 0 saturated heterocycles. The standard InChI is InChI=1S/C16H13FN4O/c1-10-2-4-11(5-3-10)12-6-7-13(14(17)8-12)15(22)20-16-18-9-19-21-16/h2-9H,1H3,(H2,18,19,20,21,22). The Balaban J connectivity index is 1.85. The first kappa shape index (κ1) is 13.9. The van der Waals surface area contributed by atoms with Crippen LogP contribution in [0.2, 0.25) is 0 Å². The van der Waals surface area contributed by atoms with Crippen molar-refractivity contribution >= 4 is 11.9 Å². The van der Waals surface area contributed by atoms with E-state index in [1.165, 1.54) is 18.5 Å². The summed E-state index contributed by atoms with van der Waals surface area (Å²) in [6.45, 7) is 1.99. The fourth-order valence-corrected chi connectivity index (χ4v) is 2.07. The van der Waals surface area contributed by atoms with Gasteiger partial charge in [0.2, 0.25) is 5.95 Å². The zero-order chi connectivity index (χ0) is 15.5. The summed E-state index contributed by atoms with van der Waals surface area (Å²) in [5.41, 5.74) is 2.69. The number of aryl methyl sites for hydroxylation is 1. The van der Waals surface area contributed by atoms with E-state index >= 15 is 0 Å². The quantitative estimate of drug-likeness (QED) is 0.780. The molecule has 6 heteroatoms. The van der Waals surface area contributed by atoms with E-state index in [9.17, 15) is 9.18 Å². The van der Waals surface area contributed by atoms with Gasteiger partial charge in [0.05, 0.1) is 5.56 Å². The van der Waals surface area contributed by atoms with Crippen molar-refractivity contribution < 1.29 is 9.18 Å². The van der Waals surface area contributed by atoms with E-state index in [1.54, 1.807) is 6.07 Å². The van der Waals surface area contributed by atoms with Crippen LogP contribution in [0.15, 0.2) is 48.8 Å². The molecule has 3 aromatic rings. The zero-order valence-electron chi connectivity index (χ0n) is 11.8. The average Bonchev–Trinajstić information content (AvgIpc) is 3.00. The van der Waals surface area contributed by atoms with Crippen LogP contribution < -0.4 is 5.32 Å². The van der Waals surface area contributed by atoms with Gasteiger partial charge in [-0.2, -0.15) is 10.1 Å². The molecule has 0 aliphatic carbocycles. The molecule has 0 aliphatic rings. The van der Waals surface area contributed by atoms with Crippen molar-refractivity contribution in [1.82, 2.24) is 15.2 Å². The highest BCUT2D eigenvalue weighted by Crippen LogP contribution is 2.22. The van der Waals surface area contributed by atoms with Gasteiger partial charge in [-0.25, -0.2) is 9.49 Å². The van der Waals surface area contributed by atoms with Crippen molar-refractivity contribution in [3.8, 4) is 11.1 Å². The lowest BCUT2D eigenvalue weighted by Gasteiger charge is -2.06. The molecule has 1 heterocycles. The first-order valence-corrected chi connectivity index (χ1v) is 6.67. The normalized spacial score (nSPS) is 10.5. The third kappa shape index (κ3) is 2.85. The van der Waals surface area contributed by atoms with E-state index in [0.717, 1.165) is 11.1 Å². The number of carbonyl (C=O) groups is 1. The van der Waals surface area contributed by atoms with E-state index < -0.39 is 11.7 Å². The minimum absolute atomic E-state index is 0.0488. The predicted octanol–water partition coefficient (Wildman–Crippen LogP) is 3.17. The molecule has 1 aromatic heterocycles. The molecule has 0 saturated carbocycles. The fraction of sp³-hybridized carbons (Fsp3) is 0.0625. The van der Waals surface area contributed by atoms with E-state index in [1.807, 2.05) is 31.2 Å². The summed E-state index contributed by atoms with van der Waals surface area (Å²) in [4.78, 5) is 15.8. The first-order valence-electron chi connectivity index (χ1n) is 6.67. The van der Waals surface area contributed by atoms with Gasteiger partial charge in [0.15, 0.2) is 0 Å². The van der Waals surface area contributed by atoms with Crippen molar-refractivity contribution in [3.63, 3.8) is 0 Å². The smallest absolute Gasteiger partial charge is 0.260 e. The van der Waals surface area contributed by atoms with E-state index in [0.29, 0.717) is 5.56 Å². The van der Waals surface area contributed by atoms with Crippen LogP contribution in [0.3, 0.4) is 0 Å². The number of halogens is 1. The Hall–Kier alpha value is -3.02. The Morgan fingerprint density at radius 3 is 2.50 bits per heavy atom. The molecule has 2 aromatic carbocycles. The Bertz CT molecular complexity index is 798. The number of nitrogens with one attached hydrogen (secondary N) is 2.